The zero-order chi connectivity index (χ0) is 24.3. The van der Waals surface area contributed by atoms with Gasteiger partial charge >= 0.3 is 6.18 Å². The Kier molecular flexibility index (Phi) is 7.29. The van der Waals surface area contributed by atoms with Crippen LogP contribution in [0.15, 0.2) is 59.6 Å². The molecule has 2 aromatic carbocycles. The van der Waals surface area contributed by atoms with Gasteiger partial charge in [-0.05, 0) is 55.5 Å². The molecule has 4 atom stereocenters. The third kappa shape index (κ3) is 5.98. The minimum atomic E-state index is -4.30. The summed E-state index contributed by atoms with van der Waals surface area (Å²) >= 11 is 0. The second kappa shape index (κ2) is 10.6. The molecule has 2 unspecified atom stereocenters. The molecule has 8 heteroatoms. The Labute approximate surface area is 204 Å². The van der Waals surface area contributed by atoms with Crippen molar-refractivity contribution in [2.24, 2.45) is 4.99 Å². The highest BCUT2D eigenvalue weighted by Crippen LogP contribution is 2.32. The van der Waals surface area contributed by atoms with E-state index in [0.717, 1.165) is 62.3 Å². The van der Waals surface area contributed by atoms with Crippen LogP contribution in [0.5, 0.6) is 0 Å². The molecule has 1 saturated carbocycles. The molecule has 2 saturated heterocycles. The second-order valence-electron chi connectivity index (χ2n) is 9.85. The van der Waals surface area contributed by atoms with Gasteiger partial charge in [0.1, 0.15) is 11.9 Å². The minimum absolute atomic E-state index is 0.0133. The Hall–Kier alpha value is -2.58. The molecule has 1 aliphatic carbocycles. The summed E-state index contributed by atoms with van der Waals surface area (Å²) in [6.45, 7) is 1.66. The number of alkyl halides is 3. The maximum Gasteiger partial charge on any atom is 0.416 e. The molecule has 0 radical (unpaired) electrons. The third-order valence-corrected chi connectivity index (χ3v) is 7.35. The van der Waals surface area contributed by atoms with Crippen molar-refractivity contribution < 1.29 is 18.0 Å². The van der Waals surface area contributed by atoms with Crippen LogP contribution >= 0.6 is 0 Å². The number of amidine groups is 1. The van der Waals surface area contributed by atoms with Crippen molar-refractivity contribution in [3.8, 4) is 0 Å². The molecule has 0 spiro atoms. The van der Waals surface area contributed by atoms with Crippen molar-refractivity contribution in [3.05, 3.63) is 65.7 Å². The third-order valence-electron chi connectivity index (χ3n) is 7.35. The van der Waals surface area contributed by atoms with Gasteiger partial charge in [-0.3, -0.25) is 15.3 Å². The first kappa shape index (κ1) is 24.1. The van der Waals surface area contributed by atoms with E-state index >= 15 is 0 Å². The van der Waals surface area contributed by atoms with Crippen LogP contribution in [-0.2, 0) is 11.0 Å². The van der Waals surface area contributed by atoms with Crippen molar-refractivity contribution in [2.45, 2.75) is 75.4 Å². The number of anilines is 1. The van der Waals surface area contributed by atoms with Crippen molar-refractivity contribution in [3.63, 3.8) is 0 Å². The first-order valence-corrected chi connectivity index (χ1v) is 12.7. The standard InChI is InChI=1S/C27H33F3N4O/c28-27(29,30)20-12-14-22(15-13-20)34-16-6-9-21(18-34)31-23-10-4-5-11-24(23)32-26-17-25(35-33-26)19-7-2-1-3-8-19/h1-3,7-8,12-15,21,23-25,31H,4-6,9-11,16-18H2,(H,32,33)/t21-,23+,24?,25?/m0/s1. The maximum absolute atomic E-state index is 12.9. The lowest BCUT2D eigenvalue weighted by Gasteiger charge is -2.39. The molecule has 3 fully saturated rings. The van der Waals surface area contributed by atoms with E-state index in [0.29, 0.717) is 12.1 Å². The van der Waals surface area contributed by atoms with Crippen LogP contribution < -0.4 is 15.7 Å². The fraction of sp³-hybridized carbons (Fsp3) is 0.519. The number of nitrogens with zero attached hydrogens (tertiary/aromatic N) is 2. The quantitative estimate of drug-likeness (QED) is 0.574. The predicted molar refractivity (Wildman–Crippen MR) is 131 cm³/mol. The summed E-state index contributed by atoms with van der Waals surface area (Å²) in [7, 11) is 0. The van der Waals surface area contributed by atoms with Crippen molar-refractivity contribution in [1.82, 2.24) is 10.8 Å². The molecule has 0 amide bonds. The molecular weight excluding hydrogens is 453 g/mol. The highest BCUT2D eigenvalue weighted by molar-refractivity contribution is 5.83. The maximum atomic E-state index is 12.9. The summed E-state index contributed by atoms with van der Waals surface area (Å²) in [6.07, 6.45) is 3.00. The van der Waals surface area contributed by atoms with Gasteiger partial charge in [-0.2, -0.15) is 13.2 Å². The van der Waals surface area contributed by atoms with E-state index in [-0.39, 0.29) is 12.1 Å². The Bertz CT molecular complexity index is 996. The molecule has 0 aromatic heterocycles. The van der Waals surface area contributed by atoms with Gasteiger partial charge in [-0.15, -0.1) is 0 Å². The first-order valence-electron chi connectivity index (χ1n) is 12.7. The average Bonchev–Trinajstić information content (AvgIpc) is 3.34. The van der Waals surface area contributed by atoms with Gasteiger partial charge in [0.15, 0.2) is 0 Å². The number of benzene rings is 2. The van der Waals surface area contributed by atoms with Gasteiger partial charge in [0.2, 0.25) is 0 Å². The van der Waals surface area contributed by atoms with Crippen molar-refractivity contribution >= 4 is 11.5 Å². The molecule has 2 aromatic rings. The Morgan fingerprint density at radius 1 is 0.943 bits per heavy atom. The highest BCUT2D eigenvalue weighted by atomic mass is 19.4. The summed E-state index contributed by atoms with van der Waals surface area (Å²) < 4.78 is 38.8. The summed E-state index contributed by atoms with van der Waals surface area (Å²) in [5, 5.41) is 3.86. The second-order valence-corrected chi connectivity index (χ2v) is 9.85. The molecule has 5 rings (SSSR count). The van der Waals surface area contributed by atoms with Crippen LogP contribution in [0.4, 0.5) is 18.9 Å². The molecule has 2 aliphatic heterocycles. The molecule has 3 aliphatic rings. The van der Waals surface area contributed by atoms with E-state index < -0.39 is 11.7 Å². The Morgan fingerprint density at radius 3 is 2.49 bits per heavy atom. The number of halogens is 3. The van der Waals surface area contributed by atoms with E-state index in [4.69, 9.17) is 9.83 Å². The fourth-order valence-corrected chi connectivity index (χ4v) is 5.50. The zero-order valence-corrected chi connectivity index (χ0v) is 19.8. The van der Waals surface area contributed by atoms with Gasteiger partial charge in [0.05, 0.1) is 11.6 Å². The topological polar surface area (TPSA) is 48.9 Å². The zero-order valence-electron chi connectivity index (χ0n) is 19.8. The van der Waals surface area contributed by atoms with Gasteiger partial charge < -0.3 is 10.2 Å². The molecule has 5 nitrogen and oxygen atoms in total. The van der Waals surface area contributed by atoms with Crippen LogP contribution in [0.1, 0.15) is 62.2 Å². The van der Waals surface area contributed by atoms with Crippen LogP contribution in [0.3, 0.4) is 0 Å². The lowest BCUT2D eigenvalue weighted by molar-refractivity contribution is -0.137. The summed E-state index contributed by atoms with van der Waals surface area (Å²) in [5.41, 5.74) is 4.45. The van der Waals surface area contributed by atoms with E-state index in [1.807, 2.05) is 18.2 Å². The van der Waals surface area contributed by atoms with Crippen molar-refractivity contribution in [2.75, 3.05) is 18.0 Å². The van der Waals surface area contributed by atoms with E-state index in [1.54, 1.807) is 12.1 Å². The fourth-order valence-electron chi connectivity index (χ4n) is 5.50. The number of rotatable bonds is 5. The largest absolute Gasteiger partial charge is 0.416 e. The summed E-state index contributed by atoms with van der Waals surface area (Å²) in [4.78, 5) is 13.1. The number of hydrogen-bond donors (Lipinski definition) is 2. The molecule has 35 heavy (non-hydrogen) atoms. The lowest BCUT2D eigenvalue weighted by atomic mass is 9.89. The smallest absolute Gasteiger partial charge is 0.370 e. The van der Waals surface area contributed by atoms with Crippen LogP contribution in [-0.4, -0.2) is 37.1 Å². The molecule has 188 valence electrons. The number of aliphatic imine (C=N–C) groups is 1. The van der Waals surface area contributed by atoms with E-state index in [1.165, 1.54) is 25.0 Å². The molecule has 2 N–H and O–H groups in total. The highest BCUT2D eigenvalue weighted by Gasteiger charge is 2.32. The molecule has 0 bridgehead atoms. The predicted octanol–water partition coefficient (Wildman–Crippen LogP) is 5.64. The minimum Gasteiger partial charge on any atom is -0.370 e. The average molecular weight is 487 g/mol. The van der Waals surface area contributed by atoms with Crippen LogP contribution in [0, 0.1) is 0 Å². The van der Waals surface area contributed by atoms with Crippen molar-refractivity contribution in [1.29, 1.82) is 0 Å². The molecular formula is C27H33F3N4O. The number of hydroxylamine groups is 1. The number of hydrogen-bond acceptors (Lipinski definition) is 4. The van der Waals surface area contributed by atoms with E-state index in [9.17, 15) is 13.2 Å². The summed E-state index contributed by atoms with van der Waals surface area (Å²) in [6, 6.07) is 16.5. The normalized spacial score (nSPS) is 28.8. The SMILES string of the molecule is FC(F)(F)c1ccc(N2CCC[C@H](N[C@@H]3CCCCC3N=C3CC(c4ccccc4)ON3)C2)cc1. The van der Waals surface area contributed by atoms with Crippen LogP contribution in [0.2, 0.25) is 0 Å². The Morgan fingerprint density at radius 2 is 1.71 bits per heavy atom. The summed E-state index contributed by atoms with van der Waals surface area (Å²) in [5.74, 6) is 0.910. The van der Waals surface area contributed by atoms with Gasteiger partial charge in [0.25, 0.3) is 0 Å². The monoisotopic (exact) mass is 486 g/mol. The van der Waals surface area contributed by atoms with Gasteiger partial charge in [-0.1, -0.05) is 43.2 Å². The van der Waals surface area contributed by atoms with Gasteiger partial charge in [-0.25, -0.2) is 0 Å². The molecule has 2 heterocycles. The number of nitrogens with one attached hydrogen (secondary N) is 2. The first-order chi connectivity index (χ1) is 17.0. The van der Waals surface area contributed by atoms with Gasteiger partial charge in [0, 0.05) is 37.3 Å². The lowest BCUT2D eigenvalue weighted by Crippen LogP contribution is -2.53. The van der Waals surface area contributed by atoms with Crippen LogP contribution in [0.25, 0.3) is 0 Å². The number of piperidine rings is 1. The van der Waals surface area contributed by atoms with E-state index in [2.05, 4.69) is 27.8 Å². The Balaban J connectivity index is 1.20.